The van der Waals surface area contributed by atoms with E-state index < -0.39 is 18.5 Å². The van der Waals surface area contributed by atoms with E-state index in [9.17, 15) is 14.4 Å². The number of hydrogen-bond donors (Lipinski definition) is 1. The van der Waals surface area contributed by atoms with Crippen molar-refractivity contribution >= 4 is 17.8 Å². The summed E-state index contributed by atoms with van der Waals surface area (Å²) >= 11 is 0. The van der Waals surface area contributed by atoms with Crippen molar-refractivity contribution < 1.29 is 19.1 Å². The summed E-state index contributed by atoms with van der Waals surface area (Å²) in [6, 6.07) is 10.6. The third-order valence-electron chi connectivity index (χ3n) is 3.64. The minimum absolute atomic E-state index is 0.0987. The first-order valence-electron chi connectivity index (χ1n) is 8.50. The van der Waals surface area contributed by atoms with Crippen LogP contribution in [0, 0.1) is 22.7 Å². The van der Waals surface area contributed by atoms with Crippen LogP contribution < -0.4 is 5.32 Å². The average Bonchev–Trinajstić information content (AvgIpc) is 2.66. The molecule has 1 aromatic rings. The van der Waals surface area contributed by atoms with E-state index >= 15 is 0 Å². The van der Waals surface area contributed by atoms with Crippen LogP contribution in [0.4, 0.5) is 0 Å². The summed E-state index contributed by atoms with van der Waals surface area (Å²) in [7, 11) is 0. The molecule has 1 rings (SSSR count). The Morgan fingerprint density at radius 1 is 1.07 bits per heavy atom. The molecule has 1 N–H and O–H groups in total. The van der Waals surface area contributed by atoms with E-state index in [2.05, 4.69) is 5.32 Å². The standard InChI is InChI=1S/C19H22N4O4/c1-15(24)22-11-8-16-4-6-17(7-5-16)19(26)27-14-18(25)23(12-2-9-20)13-3-10-21/h4-7H,2-3,8,11-14H2,1H3,(H,22,24). The number of benzene rings is 1. The Morgan fingerprint density at radius 2 is 1.67 bits per heavy atom. The number of nitrogens with one attached hydrogen (secondary N) is 1. The summed E-state index contributed by atoms with van der Waals surface area (Å²) in [5.41, 5.74) is 1.27. The summed E-state index contributed by atoms with van der Waals surface area (Å²) in [4.78, 5) is 36.3. The van der Waals surface area contributed by atoms with Gasteiger partial charge in [-0.05, 0) is 24.1 Å². The van der Waals surface area contributed by atoms with Gasteiger partial charge in [0.25, 0.3) is 5.91 Å². The van der Waals surface area contributed by atoms with Gasteiger partial charge in [0.15, 0.2) is 6.61 Å². The van der Waals surface area contributed by atoms with Crippen LogP contribution in [0.2, 0.25) is 0 Å². The molecule has 8 heteroatoms. The molecule has 0 spiro atoms. The topological polar surface area (TPSA) is 123 Å². The molecule has 0 heterocycles. The molecule has 0 unspecified atom stereocenters. The van der Waals surface area contributed by atoms with Gasteiger partial charge in [-0.15, -0.1) is 0 Å². The fraction of sp³-hybridized carbons (Fsp3) is 0.421. The molecular weight excluding hydrogens is 348 g/mol. The van der Waals surface area contributed by atoms with Crippen molar-refractivity contribution in [3.8, 4) is 12.1 Å². The summed E-state index contributed by atoms with van der Waals surface area (Å²) < 4.78 is 5.03. The summed E-state index contributed by atoms with van der Waals surface area (Å²) in [5.74, 6) is -1.17. The highest BCUT2D eigenvalue weighted by atomic mass is 16.5. The highest BCUT2D eigenvalue weighted by Gasteiger charge is 2.16. The zero-order chi connectivity index (χ0) is 20.1. The van der Waals surface area contributed by atoms with E-state index in [0.717, 1.165) is 5.56 Å². The Kier molecular flexibility index (Phi) is 9.66. The Morgan fingerprint density at radius 3 is 2.19 bits per heavy atom. The lowest BCUT2D eigenvalue weighted by Gasteiger charge is -2.20. The van der Waals surface area contributed by atoms with Crippen LogP contribution in [0.1, 0.15) is 35.7 Å². The van der Waals surface area contributed by atoms with Crippen LogP contribution in [0.3, 0.4) is 0 Å². The molecule has 2 amide bonds. The molecule has 0 aromatic heterocycles. The fourth-order valence-electron chi connectivity index (χ4n) is 2.22. The maximum atomic E-state index is 12.1. The highest BCUT2D eigenvalue weighted by Crippen LogP contribution is 2.07. The van der Waals surface area contributed by atoms with E-state index in [1.165, 1.54) is 11.8 Å². The zero-order valence-electron chi connectivity index (χ0n) is 15.2. The van der Waals surface area contributed by atoms with E-state index in [-0.39, 0.29) is 31.8 Å². The van der Waals surface area contributed by atoms with Gasteiger partial charge in [0, 0.05) is 26.6 Å². The number of rotatable bonds is 10. The van der Waals surface area contributed by atoms with Crippen molar-refractivity contribution in [2.45, 2.75) is 26.2 Å². The van der Waals surface area contributed by atoms with Crippen molar-refractivity contribution in [1.82, 2.24) is 10.2 Å². The second-order valence-electron chi connectivity index (χ2n) is 5.70. The van der Waals surface area contributed by atoms with Gasteiger partial charge in [-0.3, -0.25) is 9.59 Å². The van der Waals surface area contributed by atoms with Crippen molar-refractivity contribution in [2.24, 2.45) is 0 Å². The first-order chi connectivity index (χ1) is 13.0. The third-order valence-corrected chi connectivity index (χ3v) is 3.64. The highest BCUT2D eigenvalue weighted by molar-refractivity contribution is 5.91. The lowest BCUT2D eigenvalue weighted by atomic mass is 10.1. The lowest BCUT2D eigenvalue weighted by Crippen LogP contribution is -2.36. The normalized spacial score (nSPS) is 9.59. The Balaban J connectivity index is 2.52. The molecule has 8 nitrogen and oxygen atoms in total. The number of carbonyl (C=O) groups excluding carboxylic acids is 3. The molecule has 0 radical (unpaired) electrons. The number of hydrogen-bond acceptors (Lipinski definition) is 6. The lowest BCUT2D eigenvalue weighted by molar-refractivity contribution is -0.134. The quantitative estimate of drug-likeness (QED) is 0.617. The van der Waals surface area contributed by atoms with E-state index in [0.29, 0.717) is 18.5 Å². The van der Waals surface area contributed by atoms with Gasteiger partial charge in [0.05, 0.1) is 30.5 Å². The van der Waals surface area contributed by atoms with Crippen molar-refractivity contribution in [1.29, 1.82) is 10.5 Å². The number of esters is 1. The Hall–Kier alpha value is -3.39. The van der Waals surface area contributed by atoms with Gasteiger partial charge < -0.3 is 15.0 Å². The van der Waals surface area contributed by atoms with Gasteiger partial charge in [0.1, 0.15) is 0 Å². The van der Waals surface area contributed by atoms with Crippen LogP contribution >= 0.6 is 0 Å². The number of carbonyl (C=O) groups is 3. The number of nitriles is 2. The van der Waals surface area contributed by atoms with Crippen LogP contribution in [0.25, 0.3) is 0 Å². The largest absolute Gasteiger partial charge is 0.452 e. The minimum atomic E-state index is -0.628. The molecule has 27 heavy (non-hydrogen) atoms. The van der Waals surface area contributed by atoms with Gasteiger partial charge in [-0.2, -0.15) is 10.5 Å². The van der Waals surface area contributed by atoms with Crippen molar-refractivity contribution in [3.63, 3.8) is 0 Å². The second kappa shape index (κ2) is 12.0. The first kappa shape index (κ1) is 21.7. The third kappa shape index (κ3) is 8.50. The number of amides is 2. The van der Waals surface area contributed by atoms with E-state index in [4.69, 9.17) is 15.3 Å². The minimum Gasteiger partial charge on any atom is -0.452 e. The molecule has 0 fully saturated rings. The molecule has 0 aliphatic carbocycles. The molecule has 0 bridgehead atoms. The maximum Gasteiger partial charge on any atom is 0.338 e. The predicted molar refractivity (Wildman–Crippen MR) is 96.2 cm³/mol. The summed E-state index contributed by atoms with van der Waals surface area (Å²) in [6.07, 6.45) is 0.927. The Labute approximate surface area is 158 Å². The monoisotopic (exact) mass is 370 g/mol. The van der Waals surface area contributed by atoms with Gasteiger partial charge in [-0.25, -0.2) is 4.79 Å². The molecule has 0 saturated carbocycles. The van der Waals surface area contributed by atoms with Gasteiger partial charge in [0.2, 0.25) is 5.91 Å². The zero-order valence-corrected chi connectivity index (χ0v) is 15.2. The fourth-order valence-corrected chi connectivity index (χ4v) is 2.22. The second-order valence-corrected chi connectivity index (χ2v) is 5.70. The van der Waals surface area contributed by atoms with Crippen molar-refractivity contribution in [3.05, 3.63) is 35.4 Å². The van der Waals surface area contributed by atoms with Crippen LogP contribution in [0.15, 0.2) is 24.3 Å². The molecule has 0 atom stereocenters. The number of ether oxygens (including phenoxy) is 1. The molecular formula is C19H22N4O4. The van der Waals surface area contributed by atoms with Crippen molar-refractivity contribution in [2.75, 3.05) is 26.2 Å². The van der Waals surface area contributed by atoms with Gasteiger partial charge >= 0.3 is 5.97 Å². The van der Waals surface area contributed by atoms with E-state index in [1.54, 1.807) is 24.3 Å². The molecule has 142 valence electrons. The molecule has 0 aliphatic heterocycles. The molecule has 0 aliphatic rings. The Bertz CT molecular complexity index is 714. The van der Waals surface area contributed by atoms with Crippen LogP contribution in [0.5, 0.6) is 0 Å². The summed E-state index contributed by atoms with van der Waals surface area (Å²) in [6.45, 7) is 1.89. The van der Waals surface area contributed by atoms with Crippen LogP contribution in [-0.2, 0) is 20.7 Å². The smallest absolute Gasteiger partial charge is 0.338 e. The summed E-state index contributed by atoms with van der Waals surface area (Å²) in [5, 5.41) is 20.0. The average molecular weight is 370 g/mol. The SMILES string of the molecule is CC(=O)NCCc1ccc(C(=O)OCC(=O)N(CCC#N)CCC#N)cc1. The van der Waals surface area contributed by atoms with E-state index in [1.807, 2.05) is 12.1 Å². The van der Waals surface area contributed by atoms with Crippen LogP contribution in [-0.4, -0.2) is 48.9 Å². The maximum absolute atomic E-state index is 12.1. The number of nitrogens with zero attached hydrogens (tertiary/aromatic N) is 3. The first-order valence-corrected chi connectivity index (χ1v) is 8.50. The molecule has 1 aromatic carbocycles. The predicted octanol–water partition coefficient (Wildman–Crippen LogP) is 1.18. The van der Waals surface area contributed by atoms with Gasteiger partial charge in [-0.1, -0.05) is 12.1 Å². The molecule has 0 saturated heterocycles.